The summed E-state index contributed by atoms with van der Waals surface area (Å²) in [6.45, 7) is 4.64. The Labute approximate surface area is 216 Å². The van der Waals surface area contributed by atoms with E-state index >= 15 is 0 Å². The van der Waals surface area contributed by atoms with Crippen LogP contribution in [-0.4, -0.2) is 39.8 Å². The number of carbonyl (C=O) groups is 1. The van der Waals surface area contributed by atoms with Crippen LogP contribution in [0, 0.1) is 13.8 Å². The van der Waals surface area contributed by atoms with E-state index in [1.165, 1.54) is 0 Å². The van der Waals surface area contributed by atoms with E-state index in [9.17, 15) is 4.79 Å². The molecule has 0 radical (unpaired) electrons. The van der Waals surface area contributed by atoms with Gasteiger partial charge in [-0.15, -0.1) is 0 Å². The number of fused-ring (bicyclic) bond motifs is 1. The monoisotopic (exact) mass is 494 g/mol. The zero-order valence-corrected chi connectivity index (χ0v) is 21.3. The molecule has 0 unspecified atom stereocenters. The maximum Gasteiger partial charge on any atom is 0.257 e. The van der Waals surface area contributed by atoms with Crippen LogP contribution in [-0.2, 0) is 13.0 Å². The standard InChI is InChI=1S/C30H30N4O3/c1-20-27(21(2)37-33-20)19-36-29-17-24-13-8-7-12-23(24)16-26(29)30(35)34(3)15-9-14-25-18-28(32-31-25)22-10-5-4-6-11-22/h4-8,10-13,16-18H,9,14-15,19H2,1-3H3,(H,31,32). The van der Waals surface area contributed by atoms with E-state index in [1.807, 2.05) is 87.6 Å². The number of nitrogens with one attached hydrogen (secondary N) is 1. The number of aryl methyl sites for hydroxylation is 3. The van der Waals surface area contributed by atoms with E-state index in [4.69, 9.17) is 9.26 Å². The minimum atomic E-state index is -0.0749. The van der Waals surface area contributed by atoms with E-state index in [-0.39, 0.29) is 12.5 Å². The van der Waals surface area contributed by atoms with Crippen molar-refractivity contribution in [1.82, 2.24) is 20.3 Å². The van der Waals surface area contributed by atoms with Crippen LogP contribution in [0.3, 0.4) is 0 Å². The maximum atomic E-state index is 13.5. The first-order valence-electron chi connectivity index (χ1n) is 12.4. The van der Waals surface area contributed by atoms with Gasteiger partial charge in [0, 0.05) is 24.8 Å². The summed E-state index contributed by atoms with van der Waals surface area (Å²) in [5, 5.41) is 13.6. The van der Waals surface area contributed by atoms with Crippen LogP contribution in [0.5, 0.6) is 5.75 Å². The van der Waals surface area contributed by atoms with Gasteiger partial charge < -0.3 is 14.2 Å². The number of hydrogen-bond acceptors (Lipinski definition) is 5. The third kappa shape index (κ3) is 5.40. The van der Waals surface area contributed by atoms with Crippen molar-refractivity contribution in [3.8, 4) is 17.0 Å². The molecule has 3 aromatic carbocycles. The van der Waals surface area contributed by atoms with Crippen LogP contribution in [0.1, 0.15) is 39.5 Å². The van der Waals surface area contributed by atoms with Crippen LogP contribution in [0.2, 0.25) is 0 Å². The molecule has 5 rings (SSSR count). The van der Waals surface area contributed by atoms with Gasteiger partial charge in [0.05, 0.1) is 22.5 Å². The minimum absolute atomic E-state index is 0.0749. The smallest absolute Gasteiger partial charge is 0.257 e. The summed E-state index contributed by atoms with van der Waals surface area (Å²) in [5.74, 6) is 1.20. The van der Waals surface area contributed by atoms with Gasteiger partial charge in [-0.05, 0) is 55.7 Å². The SMILES string of the molecule is Cc1noc(C)c1COc1cc2ccccc2cc1C(=O)N(C)CCCc1cc(-c2ccccc2)n[nH]1. The number of benzene rings is 3. The molecular weight excluding hydrogens is 464 g/mol. The molecule has 0 bridgehead atoms. The molecule has 37 heavy (non-hydrogen) atoms. The summed E-state index contributed by atoms with van der Waals surface area (Å²) < 4.78 is 11.4. The Hall–Kier alpha value is -4.39. The van der Waals surface area contributed by atoms with E-state index in [0.29, 0.717) is 17.9 Å². The molecule has 0 spiro atoms. The molecule has 5 aromatic rings. The Balaban J connectivity index is 1.28. The molecule has 0 aliphatic rings. The van der Waals surface area contributed by atoms with Crippen LogP contribution in [0.15, 0.2) is 77.3 Å². The van der Waals surface area contributed by atoms with Crippen molar-refractivity contribution in [2.75, 3.05) is 13.6 Å². The summed E-state index contributed by atoms with van der Waals surface area (Å²) in [5.41, 5.74) is 5.29. The summed E-state index contributed by atoms with van der Waals surface area (Å²) in [6.07, 6.45) is 1.60. The second-order valence-corrected chi connectivity index (χ2v) is 9.26. The fraction of sp³-hybridized carbons (Fsp3) is 0.233. The first-order chi connectivity index (χ1) is 18.0. The number of aromatic amines is 1. The van der Waals surface area contributed by atoms with Crippen molar-refractivity contribution < 1.29 is 14.1 Å². The molecular formula is C30H30N4O3. The molecule has 0 saturated heterocycles. The Morgan fingerprint density at radius 3 is 2.46 bits per heavy atom. The summed E-state index contributed by atoms with van der Waals surface area (Å²) >= 11 is 0. The predicted octanol–water partition coefficient (Wildman–Crippen LogP) is 6.12. The Morgan fingerprint density at radius 1 is 1.00 bits per heavy atom. The molecule has 0 fully saturated rings. The Morgan fingerprint density at radius 2 is 1.73 bits per heavy atom. The van der Waals surface area contributed by atoms with Crippen molar-refractivity contribution in [3.05, 3.63) is 101 Å². The molecule has 1 N–H and O–H groups in total. The zero-order chi connectivity index (χ0) is 25.8. The molecule has 2 heterocycles. The Bertz CT molecular complexity index is 1500. The molecule has 0 aliphatic heterocycles. The first-order valence-corrected chi connectivity index (χ1v) is 12.4. The zero-order valence-electron chi connectivity index (χ0n) is 21.3. The Kier molecular flexibility index (Phi) is 7.03. The number of amides is 1. The van der Waals surface area contributed by atoms with Gasteiger partial charge in [0.15, 0.2) is 0 Å². The van der Waals surface area contributed by atoms with Gasteiger partial charge in [-0.3, -0.25) is 9.89 Å². The van der Waals surface area contributed by atoms with E-state index in [0.717, 1.165) is 57.6 Å². The van der Waals surface area contributed by atoms with Gasteiger partial charge in [0.2, 0.25) is 0 Å². The highest BCUT2D eigenvalue weighted by Crippen LogP contribution is 2.29. The summed E-state index contributed by atoms with van der Waals surface area (Å²) in [7, 11) is 1.83. The number of carbonyl (C=O) groups excluding carboxylic acids is 1. The normalized spacial score (nSPS) is 11.1. The fourth-order valence-electron chi connectivity index (χ4n) is 4.42. The number of nitrogens with zero attached hydrogens (tertiary/aromatic N) is 3. The van der Waals surface area contributed by atoms with E-state index in [1.54, 1.807) is 4.90 Å². The van der Waals surface area contributed by atoms with Crippen molar-refractivity contribution >= 4 is 16.7 Å². The number of hydrogen-bond donors (Lipinski definition) is 1. The summed E-state index contributed by atoms with van der Waals surface area (Å²) in [4.78, 5) is 15.3. The second kappa shape index (κ2) is 10.7. The maximum absolute atomic E-state index is 13.5. The van der Waals surface area contributed by atoms with Crippen molar-refractivity contribution in [2.24, 2.45) is 0 Å². The lowest BCUT2D eigenvalue weighted by Gasteiger charge is -2.20. The number of aromatic nitrogens is 3. The fourth-order valence-corrected chi connectivity index (χ4v) is 4.42. The number of rotatable bonds is 9. The number of H-pyrrole nitrogens is 1. The third-order valence-corrected chi connectivity index (χ3v) is 6.62. The van der Waals surface area contributed by atoms with Crippen LogP contribution < -0.4 is 4.74 Å². The van der Waals surface area contributed by atoms with E-state index in [2.05, 4.69) is 21.4 Å². The van der Waals surface area contributed by atoms with Gasteiger partial charge in [0.1, 0.15) is 18.1 Å². The van der Waals surface area contributed by atoms with Gasteiger partial charge in [-0.2, -0.15) is 5.10 Å². The molecule has 0 aliphatic carbocycles. The van der Waals surface area contributed by atoms with Gasteiger partial charge in [-0.1, -0.05) is 59.8 Å². The molecule has 188 valence electrons. The quantitative estimate of drug-likeness (QED) is 0.267. The summed E-state index contributed by atoms with van der Waals surface area (Å²) in [6, 6.07) is 24.0. The molecule has 0 atom stereocenters. The average Bonchev–Trinajstić information content (AvgIpc) is 3.53. The van der Waals surface area contributed by atoms with Crippen molar-refractivity contribution in [1.29, 1.82) is 0 Å². The molecule has 2 aromatic heterocycles. The minimum Gasteiger partial charge on any atom is -0.488 e. The van der Waals surface area contributed by atoms with Gasteiger partial charge in [0.25, 0.3) is 5.91 Å². The van der Waals surface area contributed by atoms with Crippen LogP contribution >= 0.6 is 0 Å². The van der Waals surface area contributed by atoms with Crippen molar-refractivity contribution in [2.45, 2.75) is 33.3 Å². The predicted molar refractivity (Wildman–Crippen MR) is 144 cm³/mol. The number of ether oxygens (including phenoxy) is 1. The van der Waals surface area contributed by atoms with Gasteiger partial charge >= 0.3 is 0 Å². The molecule has 0 saturated carbocycles. The highest BCUT2D eigenvalue weighted by molar-refractivity contribution is 6.01. The third-order valence-electron chi connectivity index (χ3n) is 6.62. The lowest BCUT2D eigenvalue weighted by Crippen LogP contribution is -2.28. The van der Waals surface area contributed by atoms with Crippen LogP contribution in [0.25, 0.3) is 22.0 Å². The highest BCUT2D eigenvalue weighted by Gasteiger charge is 2.19. The van der Waals surface area contributed by atoms with E-state index < -0.39 is 0 Å². The largest absolute Gasteiger partial charge is 0.488 e. The first kappa shape index (κ1) is 24.3. The highest BCUT2D eigenvalue weighted by atomic mass is 16.5. The average molecular weight is 495 g/mol. The second-order valence-electron chi connectivity index (χ2n) is 9.26. The van der Waals surface area contributed by atoms with Crippen LogP contribution in [0.4, 0.5) is 0 Å². The molecule has 7 heteroatoms. The lowest BCUT2D eigenvalue weighted by atomic mass is 10.0. The van der Waals surface area contributed by atoms with Gasteiger partial charge in [-0.25, -0.2) is 0 Å². The topological polar surface area (TPSA) is 84.2 Å². The lowest BCUT2D eigenvalue weighted by molar-refractivity contribution is 0.0788. The molecule has 7 nitrogen and oxygen atoms in total. The van der Waals surface area contributed by atoms with Crippen molar-refractivity contribution in [3.63, 3.8) is 0 Å². The molecule has 1 amide bonds.